The molecule has 2 aliphatic carbocycles. The Labute approximate surface area is 90.9 Å². The molecule has 0 spiro atoms. The van der Waals surface area contributed by atoms with Gasteiger partial charge in [-0.05, 0) is 49.7 Å². The standard InChI is InChI=1S/C13H18N2/c1-2-9-12(14)10-4-3-5-11(10)15-13(9)8-6-7-8/h8H,2-7H2,1H3,(H2,14,15). The van der Waals surface area contributed by atoms with Crippen molar-refractivity contribution in [3.05, 3.63) is 22.5 Å². The Bertz CT molecular complexity index is 405. The molecule has 2 aliphatic rings. The highest BCUT2D eigenvalue weighted by molar-refractivity contribution is 5.59. The molecule has 0 aliphatic heterocycles. The molecule has 1 aromatic heterocycles. The normalized spacial score (nSPS) is 19.3. The Balaban J connectivity index is 2.17. The number of hydrogen-bond acceptors (Lipinski definition) is 2. The summed E-state index contributed by atoms with van der Waals surface area (Å²) in [7, 11) is 0. The first-order valence-electron chi connectivity index (χ1n) is 6.11. The van der Waals surface area contributed by atoms with Crippen LogP contribution in [-0.2, 0) is 19.3 Å². The van der Waals surface area contributed by atoms with Crippen LogP contribution in [0.2, 0.25) is 0 Å². The van der Waals surface area contributed by atoms with E-state index in [4.69, 9.17) is 10.7 Å². The maximum absolute atomic E-state index is 6.27. The van der Waals surface area contributed by atoms with Crippen LogP contribution in [0, 0.1) is 0 Å². The number of anilines is 1. The molecule has 80 valence electrons. The van der Waals surface area contributed by atoms with Crippen molar-refractivity contribution in [1.82, 2.24) is 4.98 Å². The fourth-order valence-electron chi connectivity index (χ4n) is 2.74. The summed E-state index contributed by atoms with van der Waals surface area (Å²) < 4.78 is 0. The van der Waals surface area contributed by atoms with Crippen LogP contribution in [0.3, 0.4) is 0 Å². The topological polar surface area (TPSA) is 38.9 Å². The third-order valence-corrected chi connectivity index (χ3v) is 3.72. The van der Waals surface area contributed by atoms with Crippen molar-refractivity contribution in [2.45, 2.75) is 51.4 Å². The van der Waals surface area contributed by atoms with E-state index in [1.807, 2.05) is 0 Å². The van der Waals surface area contributed by atoms with Gasteiger partial charge in [0.1, 0.15) is 0 Å². The van der Waals surface area contributed by atoms with E-state index in [2.05, 4.69) is 6.92 Å². The van der Waals surface area contributed by atoms with Crippen LogP contribution in [0.5, 0.6) is 0 Å². The molecule has 0 atom stereocenters. The SMILES string of the molecule is CCc1c(C2CC2)nc2c(c1N)CCC2. The van der Waals surface area contributed by atoms with Crippen molar-refractivity contribution in [2.75, 3.05) is 5.73 Å². The molecule has 2 nitrogen and oxygen atoms in total. The van der Waals surface area contributed by atoms with Crippen molar-refractivity contribution in [2.24, 2.45) is 0 Å². The molecule has 0 aromatic carbocycles. The molecule has 1 aromatic rings. The van der Waals surface area contributed by atoms with Gasteiger partial charge < -0.3 is 5.73 Å². The van der Waals surface area contributed by atoms with Gasteiger partial charge in [0.15, 0.2) is 0 Å². The summed E-state index contributed by atoms with van der Waals surface area (Å²) in [4.78, 5) is 4.87. The Morgan fingerprint density at radius 1 is 1.33 bits per heavy atom. The molecule has 0 unspecified atom stereocenters. The number of nitrogens with zero attached hydrogens (tertiary/aromatic N) is 1. The lowest BCUT2D eigenvalue weighted by Crippen LogP contribution is -2.06. The van der Waals surface area contributed by atoms with Crippen LogP contribution >= 0.6 is 0 Å². The van der Waals surface area contributed by atoms with Crippen molar-refractivity contribution < 1.29 is 0 Å². The molecule has 1 saturated carbocycles. The fraction of sp³-hybridized carbons (Fsp3) is 0.615. The van der Waals surface area contributed by atoms with E-state index in [0.717, 1.165) is 30.9 Å². The van der Waals surface area contributed by atoms with E-state index in [9.17, 15) is 0 Å². The Kier molecular flexibility index (Phi) is 1.98. The van der Waals surface area contributed by atoms with E-state index in [-0.39, 0.29) is 0 Å². The molecule has 0 saturated heterocycles. The van der Waals surface area contributed by atoms with Gasteiger partial charge in [0, 0.05) is 23.0 Å². The summed E-state index contributed by atoms with van der Waals surface area (Å²) in [6.45, 7) is 2.20. The highest BCUT2D eigenvalue weighted by atomic mass is 14.8. The smallest absolute Gasteiger partial charge is 0.0490 e. The number of pyridine rings is 1. The summed E-state index contributed by atoms with van der Waals surface area (Å²) in [6, 6.07) is 0. The highest BCUT2D eigenvalue weighted by Crippen LogP contribution is 2.44. The molecule has 0 bridgehead atoms. The quantitative estimate of drug-likeness (QED) is 0.800. The van der Waals surface area contributed by atoms with E-state index in [1.165, 1.54) is 41.8 Å². The zero-order valence-corrected chi connectivity index (χ0v) is 9.34. The Morgan fingerprint density at radius 2 is 2.13 bits per heavy atom. The van der Waals surface area contributed by atoms with Gasteiger partial charge in [-0.2, -0.15) is 0 Å². The van der Waals surface area contributed by atoms with Gasteiger partial charge in [0.05, 0.1) is 0 Å². The Morgan fingerprint density at radius 3 is 2.80 bits per heavy atom. The van der Waals surface area contributed by atoms with Gasteiger partial charge in [0.25, 0.3) is 0 Å². The zero-order valence-electron chi connectivity index (χ0n) is 9.34. The van der Waals surface area contributed by atoms with Crippen LogP contribution in [0.15, 0.2) is 0 Å². The van der Waals surface area contributed by atoms with E-state index >= 15 is 0 Å². The minimum absolute atomic E-state index is 0.730. The Hall–Kier alpha value is -1.05. The van der Waals surface area contributed by atoms with Gasteiger partial charge in [0.2, 0.25) is 0 Å². The van der Waals surface area contributed by atoms with E-state index in [0.29, 0.717) is 0 Å². The number of fused-ring (bicyclic) bond motifs is 1. The van der Waals surface area contributed by atoms with Crippen LogP contribution in [-0.4, -0.2) is 4.98 Å². The fourth-order valence-corrected chi connectivity index (χ4v) is 2.74. The summed E-state index contributed by atoms with van der Waals surface area (Å²) in [5.74, 6) is 0.730. The molecule has 15 heavy (non-hydrogen) atoms. The number of aromatic nitrogens is 1. The minimum atomic E-state index is 0.730. The van der Waals surface area contributed by atoms with E-state index < -0.39 is 0 Å². The van der Waals surface area contributed by atoms with Crippen molar-refractivity contribution in [1.29, 1.82) is 0 Å². The lowest BCUT2D eigenvalue weighted by Gasteiger charge is -2.13. The van der Waals surface area contributed by atoms with Crippen LogP contribution in [0.1, 0.15) is 54.6 Å². The molecule has 0 amide bonds. The van der Waals surface area contributed by atoms with Crippen molar-refractivity contribution >= 4 is 5.69 Å². The molecule has 2 heteroatoms. The summed E-state index contributed by atoms with van der Waals surface area (Å²) in [6.07, 6.45) is 7.20. The molecular formula is C13H18N2. The average molecular weight is 202 g/mol. The first-order chi connectivity index (χ1) is 7.31. The van der Waals surface area contributed by atoms with E-state index in [1.54, 1.807) is 0 Å². The van der Waals surface area contributed by atoms with Crippen molar-refractivity contribution in [3.63, 3.8) is 0 Å². The average Bonchev–Trinajstić information content (AvgIpc) is 2.97. The third-order valence-electron chi connectivity index (χ3n) is 3.72. The van der Waals surface area contributed by atoms with Gasteiger partial charge in [-0.25, -0.2) is 0 Å². The minimum Gasteiger partial charge on any atom is -0.398 e. The number of nitrogen functional groups attached to an aromatic ring is 1. The second kappa shape index (κ2) is 3.22. The maximum Gasteiger partial charge on any atom is 0.0490 e. The zero-order chi connectivity index (χ0) is 10.4. The summed E-state index contributed by atoms with van der Waals surface area (Å²) in [5.41, 5.74) is 12.7. The first kappa shape index (κ1) is 9.20. The lowest BCUT2D eigenvalue weighted by molar-refractivity contribution is 0.883. The van der Waals surface area contributed by atoms with Gasteiger partial charge in [-0.3, -0.25) is 4.98 Å². The highest BCUT2D eigenvalue weighted by Gasteiger charge is 2.30. The van der Waals surface area contributed by atoms with Crippen molar-refractivity contribution in [3.8, 4) is 0 Å². The monoisotopic (exact) mass is 202 g/mol. The number of hydrogen-bond donors (Lipinski definition) is 1. The molecule has 0 radical (unpaired) electrons. The number of nitrogens with two attached hydrogens (primary N) is 1. The first-order valence-corrected chi connectivity index (χ1v) is 6.11. The van der Waals surface area contributed by atoms with Crippen LogP contribution in [0.4, 0.5) is 5.69 Å². The predicted octanol–water partition coefficient (Wildman–Crippen LogP) is 2.59. The third kappa shape index (κ3) is 1.35. The predicted molar refractivity (Wildman–Crippen MR) is 62.0 cm³/mol. The number of rotatable bonds is 2. The van der Waals surface area contributed by atoms with Gasteiger partial charge >= 0.3 is 0 Å². The van der Waals surface area contributed by atoms with Crippen LogP contribution < -0.4 is 5.73 Å². The number of aryl methyl sites for hydroxylation is 1. The van der Waals surface area contributed by atoms with Gasteiger partial charge in [-0.1, -0.05) is 6.92 Å². The van der Waals surface area contributed by atoms with Crippen LogP contribution in [0.25, 0.3) is 0 Å². The molecular weight excluding hydrogens is 184 g/mol. The molecule has 1 heterocycles. The molecule has 2 N–H and O–H groups in total. The largest absolute Gasteiger partial charge is 0.398 e. The maximum atomic E-state index is 6.27. The second-order valence-electron chi connectivity index (χ2n) is 4.80. The van der Waals surface area contributed by atoms with Gasteiger partial charge in [-0.15, -0.1) is 0 Å². The lowest BCUT2D eigenvalue weighted by atomic mass is 10.0. The summed E-state index contributed by atoms with van der Waals surface area (Å²) >= 11 is 0. The second-order valence-corrected chi connectivity index (χ2v) is 4.80. The molecule has 1 fully saturated rings. The molecule has 3 rings (SSSR count). The summed E-state index contributed by atoms with van der Waals surface area (Å²) in [5, 5.41) is 0.